The van der Waals surface area contributed by atoms with Crippen molar-refractivity contribution in [3.63, 3.8) is 0 Å². The summed E-state index contributed by atoms with van der Waals surface area (Å²) in [4.78, 5) is 20.3. The second-order valence-electron chi connectivity index (χ2n) is 3.52. The fraction of sp³-hybridized carbons (Fsp3) is 0.222. The number of aromatic carboxylic acids is 1. The number of primary sulfonamides is 1. The molecule has 0 spiro atoms. The molecule has 0 saturated heterocycles. The molecule has 1 rings (SSSR count). The third-order valence-corrected chi connectivity index (χ3v) is 3.81. The molecule has 0 bridgehead atoms. The lowest BCUT2D eigenvalue weighted by Crippen LogP contribution is -2.16. The van der Waals surface area contributed by atoms with Gasteiger partial charge in [-0.05, 0) is 12.5 Å². The van der Waals surface area contributed by atoms with Crippen molar-refractivity contribution in [1.82, 2.24) is 0 Å². The van der Waals surface area contributed by atoms with E-state index >= 15 is 0 Å². The summed E-state index contributed by atoms with van der Waals surface area (Å²) in [5, 5.41) is 24.1. The van der Waals surface area contributed by atoms with E-state index in [4.69, 9.17) is 21.8 Å². The van der Waals surface area contributed by atoms with Gasteiger partial charge in [-0.25, -0.2) is 18.4 Å². The Bertz CT molecular complexity index is 670. The van der Waals surface area contributed by atoms with Crippen LogP contribution in [0.3, 0.4) is 0 Å². The molecule has 19 heavy (non-hydrogen) atoms. The van der Waals surface area contributed by atoms with Crippen molar-refractivity contribution in [2.24, 2.45) is 5.14 Å². The number of nitro benzene ring substituents is 1. The van der Waals surface area contributed by atoms with Crippen LogP contribution in [0.25, 0.3) is 0 Å². The highest BCUT2D eigenvalue weighted by molar-refractivity contribution is 7.89. The lowest BCUT2D eigenvalue weighted by Gasteiger charge is -2.10. The molecule has 0 aliphatic rings. The number of hydrogen-bond acceptors (Lipinski definition) is 5. The second kappa shape index (κ2) is 5.11. The molecule has 0 heterocycles. The van der Waals surface area contributed by atoms with Gasteiger partial charge >= 0.3 is 5.97 Å². The minimum absolute atomic E-state index is 0.00255. The number of benzene rings is 1. The summed E-state index contributed by atoms with van der Waals surface area (Å²) in [5.41, 5.74) is -1.43. The summed E-state index contributed by atoms with van der Waals surface area (Å²) in [6, 6.07) is 0.728. The molecule has 0 aliphatic heterocycles. The number of nitrogens with two attached hydrogens (primary N) is 1. The van der Waals surface area contributed by atoms with E-state index in [2.05, 4.69) is 0 Å². The van der Waals surface area contributed by atoms with Gasteiger partial charge in [0, 0.05) is 5.56 Å². The predicted molar refractivity (Wildman–Crippen MR) is 65.8 cm³/mol. The fourth-order valence-corrected chi connectivity index (χ4v) is 2.79. The predicted octanol–water partition coefficient (Wildman–Crippen LogP) is 1.16. The second-order valence-corrected chi connectivity index (χ2v) is 5.43. The van der Waals surface area contributed by atoms with Crippen molar-refractivity contribution in [1.29, 1.82) is 0 Å². The maximum atomic E-state index is 11.3. The van der Waals surface area contributed by atoms with Crippen LogP contribution in [0.2, 0.25) is 5.02 Å². The number of sulfonamides is 1. The zero-order valence-corrected chi connectivity index (χ0v) is 11.2. The van der Waals surface area contributed by atoms with Gasteiger partial charge in [-0.1, -0.05) is 18.5 Å². The van der Waals surface area contributed by atoms with Gasteiger partial charge in [0.2, 0.25) is 10.0 Å². The summed E-state index contributed by atoms with van der Waals surface area (Å²) in [6.45, 7) is 1.49. The van der Waals surface area contributed by atoms with Gasteiger partial charge in [-0.2, -0.15) is 0 Å². The van der Waals surface area contributed by atoms with Crippen LogP contribution in [0.5, 0.6) is 0 Å². The van der Waals surface area contributed by atoms with Crippen molar-refractivity contribution in [3.05, 3.63) is 32.3 Å². The highest BCUT2D eigenvalue weighted by Crippen LogP contribution is 2.36. The Labute approximate surface area is 113 Å². The van der Waals surface area contributed by atoms with Crippen LogP contribution in [-0.2, 0) is 16.4 Å². The van der Waals surface area contributed by atoms with E-state index in [1.165, 1.54) is 6.92 Å². The van der Waals surface area contributed by atoms with Crippen LogP contribution in [0, 0.1) is 10.1 Å². The quantitative estimate of drug-likeness (QED) is 0.631. The highest BCUT2D eigenvalue weighted by Gasteiger charge is 2.30. The topological polar surface area (TPSA) is 141 Å². The first-order valence-electron chi connectivity index (χ1n) is 4.87. The van der Waals surface area contributed by atoms with E-state index in [0.29, 0.717) is 0 Å². The molecule has 10 heteroatoms. The number of rotatable bonds is 4. The van der Waals surface area contributed by atoms with E-state index < -0.39 is 42.1 Å². The van der Waals surface area contributed by atoms with Crippen LogP contribution in [0.15, 0.2) is 11.0 Å². The molecule has 8 nitrogen and oxygen atoms in total. The number of carboxylic acid groups (broad SMARTS) is 1. The largest absolute Gasteiger partial charge is 0.478 e. The first kappa shape index (κ1) is 15.3. The number of carbonyl (C=O) groups is 1. The van der Waals surface area contributed by atoms with Crippen molar-refractivity contribution < 1.29 is 23.2 Å². The van der Waals surface area contributed by atoms with E-state index in [0.717, 1.165) is 6.07 Å². The van der Waals surface area contributed by atoms with Crippen LogP contribution in [0.1, 0.15) is 22.8 Å². The molecular weight excluding hydrogens is 300 g/mol. The first-order chi connectivity index (χ1) is 8.61. The van der Waals surface area contributed by atoms with E-state index in [1.54, 1.807) is 0 Å². The van der Waals surface area contributed by atoms with Crippen LogP contribution >= 0.6 is 11.6 Å². The Hall–Kier alpha value is -1.71. The molecule has 0 aliphatic carbocycles. The van der Waals surface area contributed by atoms with Gasteiger partial charge in [0.15, 0.2) is 0 Å². The van der Waals surface area contributed by atoms with Gasteiger partial charge in [-0.3, -0.25) is 10.1 Å². The molecule has 0 atom stereocenters. The maximum absolute atomic E-state index is 11.3. The Morgan fingerprint density at radius 3 is 2.42 bits per heavy atom. The standard InChI is InChI=1S/C9H9ClN2O6S/c1-2-4-5(9(13)14)3-6(19(11,17)18)7(10)8(4)12(15)16/h3H,2H2,1H3,(H,13,14)(H2,11,17,18). The average molecular weight is 309 g/mol. The van der Waals surface area contributed by atoms with Gasteiger partial charge in [0.25, 0.3) is 5.69 Å². The van der Waals surface area contributed by atoms with Crippen LogP contribution in [0.4, 0.5) is 5.69 Å². The Balaban J connectivity index is 3.94. The molecule has 0 radical (unpaired) electrons. The molecule has 3 N–H and O–H groups in total. The van der Waals surface area contributed by atoms with Gasteiger partial charge in [0.05, 0.1) is 10.5 Å². The minimum atomic E-state index is -4.37. The van der Waals surface area contributed by atoms with Crippen molar-refractivity contribution in [2.45, 2.75) is 18.2 Å². The van der Waals surface area contributed by atoms with E-state index in [1.807, 2.05) is 0 Å². The highest BCUT2D eigenvalue weighted by atomic mass is 35.5. The molecule has 1 aromatic rings. The molecule has 0 unspecified atom stereocenters. The third-order valence-electron chi connectivity index (χ3n) is 2.38. The lowest BCUT2D eigenvalue weighted by molar-refractivity contribution is -0.385. The van der Waals surface area contributed by atoms with Crippen LogP contribution < -0.4 is 5.14 Å². The number of nitro groups is 1. The normalized spacial score (nSPS) is 11.3. The summed E-state index contributed by atoms with van der Waals surface area (Å²) in [5.74, 6) is -1.50. The zero-order valence-electron chi connectivity index (χ0n) is 9.58. The average Bonchev–Trinajstić information content (AvgIpc) is 2.25. The molecular formula is C9H9ClN2O6S. The molecule has 0 aromatic heterocycles. The van der Waals surface area contributed by atoms with Crippen molar-refractivity contribution >= 4 is 33.3 Å². The zero-order chi connectivity index (χ0) is 15.0. The Kier molecular flexibility index (Phi) is 4.13. The van der Waals surface area contributed by atoms with E-state index in [9.17, 15) is 23.3 Å². The van der Waals surface area contributed by atoms with Gasteiger partial charge in [-0.15, -0.1) is 0 Å². The maximum Gasteiger partial charge on any atom is 0.336 e. The molecule has 104 valence electrons. The number of carboxylic acids is 1. The number of nitrogens with zero attached hydrogens (tertiary/aromatic N) is 1. The fourth-order valence-electron chi connectivity index (χ4n) is 1.60. The number of halogens is 1. The molecule has 0 fully saturated rings. The first-order valence-corrected chi connectivity index (χ1v) is 6.79. The molecule has 0 saturated carbocycles. The monoisotopic (exact) mass is 308 g/mol. The summed E-state index contributed by atoms with van der Waals surface area (Å²) >= 11 is 5.66. The summed E-state index contributed by atoms with van der Waals surface area (Å²) in [6.07, 6.45) is 0.00255. The lowest BCUT2D eigenvalue weighted by atomic mass is 10.0. The molecule has 1 aromatic carbocycles. The summed E-state index contributed by atoms with van der Waals surface area (Å²) < 4.78 is 22.6. The molecule has 0 amide bonds. The van der Waals surface area contributed by atoms with Crippen molar-refractivity contribution in [3.8, 4) is 0 Å². The summed E-state index contributed by atoms with van der Waals surface area (Å²) in [7, 11) is -4.37. The van der Waals surface area contributed by atoms with Crippen LogP contribution in [-0.4, -0.2) is 24.4 Å². The van der Waals surface area contributed by atoms with Gasteiger partial charge < -0.3 is 5.11 Å². The smallest absolute Gasteiger partial charge is 0.336 e. The van der Waals surface area contributed by atoms with Crippen molar-refractivity contribution in [2.75, 3.05) is 0 Å². The van der Waals surface area contributed by atoms with Gasteiger partial charge in [0.1, 0.15) is 9.92 Å². The number of hydrogen-bond donors (Lipinski definition) is 2. The Morgan fingerprint density at radius 2 is 2.11 bits per heavy atom. The Morgan fingerprint density at radius 1 is 1.58 bits per heavy atom. The SMILES string of the molecule is CCc1c(C(=O)O)cc(S(N)(=O)=O)c(Cl)c1[N+](=O)[O-]. The van der Waals surface area contributed by atoms with E-state index in [-0.39, 0.29) is 12.0 Å². The third kappa shape index (κ3) is 2.83. The minimum Gasteiger partial charge on any atom is -0.478 e.